The van der Waals surface area contributed by atoms with Gasteiger partial charge in [-0.25, -0.2) is 14.8 Å². The smallest absolute Gasteiger partial charge is 0.410 e. The molecule has 3 amide bonds. The highest BCUT2D eigenvalue weighted by molar-refractivity contribution is 5.98. The predicted molar refractivity (Wildman–Crippen MR) is 168 cm³/mol. The molecule has 3 aromatic heterocycles. The number of aromatic nitrogens is 4. The van der Waals surface area contributed by atoms with Crippen LogP contribution in [0.1, 0.15) is 86.2 Å². The summed E-state index contributed by atoms with van der Waals surface area (Å²) in [6.45, 7) is 6.55. The number of carbonyl (C=O) groups excluding carboxylic acids is 3. The van der Waals surface area contributed by atoms with E-state index in [-0.39, 0.29) is 36.0 Å². The molecule has 238 valence electrons. The third-order valence-corrected chi connectivity index (χ3v) is 9.86. The molecule has 4 fully saturated rings. The van der Waals surface area contributed by atoms with E-state index in [0.717, 1.165) is 30.3 Å². The van der Waals surface area contributed by atoms with Gasteiger partial charge in [-0.3, -0.25) is 14.5 Å². The van der Waals surface area contributed by atoms with Crippen molar-refractivity contribution >= 4 is 40.7 Å². The number of anilines is 2. The molecule has 45 heavy (non-hydrogen) atoms. The lowest BCUT2D eigenvalue weighted by Gasteiger charge is -2.41. The van der Waals surface area contributed by atoms with Crippen LogP contribution in [0, 0.1) is 11.8 Å². The molecule has 1 N–H and O–H groups in total. The van der Waals surface area contributed by atoms with Crippen molar-refractivity contribution in [3.63, 3.8) is 0 Å². The molecule has 5 atom stereocenters. The number of hydrogen-bond acceptors (Lipinski definition) is 8. The lowest BCUT2D eigenvalue weighted by Crippen LogP contribution is -2.57. The monoisotopic (exact) mass is 614 g/mol. The Hall–Kier alpha value is -4.22. The zero-order valence-corrected chi connectivity index (χ0v) is 26.7. The zero-order valence-electron chi connectivity index (χ0n) is 26.7. The van der Waals surface area contributed by atoms with Gasteiger partial charge >= 0.3 is 6.09 Å². The van der Waals surface area contributed by atoms with E-state index in [2.05, 4.69) is 19.9 Å². The summed E-state index contributed by atoms with van der Waals surface area (Å²) in [5, 5.41) is 4.03. The van der Waals surface area contributed by atoms with Crippen LogP contribution in [0.4, 0.5) is 16.6 Å². The maximum absolute atomic E-state index is 13.4. The van der Waals surface area contributed by atoms with Crippen molar-refractivity contribution in [2.24, 2.45) is 11.8 Å². The average Bonchev–Trinajstić information content (AvgIpc) is 3.77. The fraction of sp³-hybridized carbons (Fsp3) is 0.576. The molecule has 4 bridgehead atoms. The molecule has 2 saturated carbocycles. The molecular formula is C33H42N8O4. The molecule has 0 radical (unpaired) electrons. The number of hydrogen-bond donors (Lipinski definition) is 1. The van der Waals surface area contributed by atoms with Crippen molar-refractivity contribution < 1.29 is 19.1 Å². The lowest BCUT2D eigenvalue weighted by atomic mass is 9.95. The van der Waals surface area contributed by atoms with Crippen molar-refractivity contribution in [1.82, 2.24) is 34.2 Å². The van der Waals surface area contributed by atoms with Gasteiger partial charge in [-0.1, -0.05) is 6.42 Å². The Labute approximate surface area is 263 Å². The molecule has 4 aliphatic rings. The van der Waals surface area contributed by atoms with E-state index in [4.69, 9.17) is 9.72 Å². The Morgan fingerprint density at radius 1 is 0.978 bits per heavy atom. The van der Waals surface area contributed by atoms with E-state index in [9.17, 15) is 14.4 Å². The van der Waals surface area contributed by atoms with Gasteiger partial charge in [0.05, 0.1) is 17.6 Å². The van der Waals surface area contributed by atoms with Crippen LogP contribution in [0.15, 0.2) is 30.6 Å². The van der Waals surface area contributed by atoms with E-state index < -0.39 is 5.60 Å². The molecule has 2 aliphatic carbocycles. The predicted octanol–water partition coefficient (Wildman–Crippen LogP) is 4.86. The van der Waals surface area contributed by atoms with E-state index in [0.29, 0.717) is 47.9 Å². The molecule has 2 unspecified atom stereocenters. The second-order valence-electron chi connectivity index (χ2n) is 14.4. The van der Waals surface area contributed by atoms with Gasteiger partial charge in [0.15, 0.2) is 0 Å². The minimum absolute atomic E-state index is 0.0357. The van der Waals surface area contributed by atoms with E-state index in [1.54, 1.807) is 43.5 Å². The molecule has 5 heterocycles. The number of piperazine rings is 1. The standard InChI is InChI=1S/C33H42N8O4/c1-33(2,3)45-32(44)40-23-9-10-24(40)18-39(17-23)29(42)21-8-11-27(34-15-21)36-31-35-16-22-14-26(30(43)38(4)5)41(28(22)37-31)25-13-19-6-7-20(25)12-19/h8,11,14-16,19-20,23-25H,6-7,9-10,12-13,17-18H2,1-5H3,(H,34,35,36,37)/t19-,20?,23+,24?,25+/m1/s1. The number of rotatable bonds is 5. The summed E-state index contributed by atoms with van der Waals surface area (Å²) < 4.78 is 7.78. The van der Waals surface area contributed by atoms with Crippen LogP contribution in [0.2, 0.25) is 0 Å². The van der Waals surface area contributed by atoms with Crippen LogP contribution in [-0.2, 0) is 4.74 Å². The maximum atomic E-state index is 13.4. The summed E-state index contributed by atoms with van der Waals surface area (Å²) in [5.41, 5.74) is 1.33. The number of pyridine rings is 1. The second-order valence-corrected chi connectivity index (χ2v) is 14.4. The SMILES string of the molecule is CN(C)C(=O)c1cc2cnc(Nc3ccc(C(=O)N4CC5CC[C@@H](C4)N5C(=O)OC(C)(C)C)cn3)nc2n1[C@H]1C[C@@H]2CCC1C2. The van der Waals surface area contributed by atoms with E-state index >= 15 is 0 Å². The molecule has 3 aromatic rings. The quantitative estimate of drug-likeness (QED) is 0.432. The lowest BCUT2D eigenvalue weighted by molar-refractivity contribution is -0.00336. The molecule has 0 spiro atoms. The number of likely N-dealkylation sites (tertiary alicyclic amines) is 1. The Bertz CT molecular complexity index is 1630. The summed E-state index contributed by atoms with van der Waals surface area (Å²) in [6.07, 6.45) is 9.48. The van der Waals surface area contributed by atoms with E-state index in [1.165, 1.54) is 19.3 Å². The van der Waals surface area contributed by atoms with Crippen LogP contribution >= 0.6 is 0 Å². The Kier molecular flexibility index (Phi) is 7.20. The molecule has 0 aromatic carbocycles. The van der Waals surface area contributed by atoms with Gasteiger partial charge in [-0.15, -0.1) is 0 Å². The van der Waals surface area contributed by atoms with Gasteiger partial charge in [-0.05, 0) is 82.9 Å². The number of nitrogens with one attached hydrogen (secondary N) is 1. The van der Waals surface area contributed by atoms with Gasteiger partial charge in [0.2, 0.25) is 5.95 Å². The van der Waals surface area contributed by atoms with Crippen LogP contribution in [0.5, 0.6) is 0 Å². The van der Waals surface area contributed by atoms with Crippen molar-refractivity contribution in [3.05, 3.63) is 41.9 Å². The molecule has 7 rings (SSSR count). The first-order chi connectivity index (χ1) is 21.4. The normalized spacial score (nSPS) is 25.6. The van der Waals surface area contributed by atoms with Gasteiger partial charge in [0.25, 0.3) is 11.8 Å². The summed E-state index contributed by atoms with van der Waals surface area (Å²) in [7, 11) is 3.55. The number of fused-ring (bicyclic) bond motifs is 5. The number of ether oxygens (including phenoxy) is 1. The third-order valence-electron chi connectivity index (χ3n) is 9.86. The van der Waals surface area contributed by atoms with Gasteiger partial charge in [0, 0.05) is 51.0 Å². The molecule has 12 heteroatoms. The highest BCUT2D eigenvalue weighted by Gasteiger charge is 2.46. The van der Waals surface area contributed by atoms with Crippen molar-refractivity contribution in [3.8, 4) is 0 Å². The van der Waals surface area contributed by atoms with Crippen LogP contribution < -0.4 is 5.32 Å². The first-order valence-electron chi connectivity index (χ1n) is 16.1. The summed E-state index contributed by atoms with van der Waals surface area (Å²) in [5.74, 6) is 2.04. The maximum Gasteiger partial charge on any atom is 0.410 e. The molecule has 2 saturated heterocycles. The molecule has 2 aliphatic heterocycles. The third kappa shape index (κ3) is 5.48. The molecule has 12 nitrogen and oxygen atoms in total. The van der Waals surface area contributed by atoms with Gasteiger partial charge in [0.1, 0.15) is 22.8 Å². The Morgan fingerprint density at radius 2 is 1.73 bits per heavy atom. The minimum Gasteiger partial charge on any atom is -0.444 e. The topological polar surface area (TPSA) is 126 Å². The first kappa shape index (κ1) is 29.5. The largest absolute Gasteiger partial charge is 0.444 e. The number of carbonyl (C=O) groups is 3. The zero-order chi connectivity index (χ0) is 31.6. The van der Waals surface area contributed by atoms with Crippen LogP contribution in [-0.4, -0.2) is 97.0 Å². The first-order valence-corrected chi connectivity index (χ1v) is 16.1. The minimum atomic E-state index is -0.560. The van der Waals surface area contributed by atoms with Gasteiger partial charge in [-0.2, -0.15) is 4.98 Å². The highest BCUT2D eigenvalue weighted by Crippen LogP contribution is 2.52. The summed E-state index contributed by atoms with van der Waals surface area (Å²) >= 11 is 0. The average molecular weight is 615 g/mol. The highest BCUT2D eigenvalue weighted by atomic mass is 16.6. The Morgan fingerprint density at radius 3 is 2.33 bits per heavy atom. The fourth-order valence-electron chi connectivity index (χ4n) is 7.90. The number of nitrogens with zero attached hydrogens (tertiary/aromatic N) is 7. The summed E-state index contributed by atoms with van der Waals surface area (Å²) in [6, 6.07) is 5.58. The Balaban J connectivity index is 1.07. The number of amides is 3. The van der Waals surface area contributed by atoms with Crippen LogP contribution in [0.3, 0.4) is 0 Å². The molecular weight excluding hydrogens is 572 g/mol. The fourth-order valence-corrected chi connectivity index (χ4v) is 7.90. The van der Waals surface area contributed by atoms with Crippen molar-refractivity contribution in [2.75, 3.05) is 32.5 Å². The van der Waals surface area contributed by atoms with Crippen molar-refractivity contribution in [2.45, 2.75) is 83.0 Å². The van der Waals surface area contributed by atoms with Crippen LogP contribution in [0.25, 0.3) is 11.0 Å². The summed E-state index contributed by atoms with van der Waals surface area (Å²) in [4.78, 5) is 58.6. The van der Waals surface area contributed by atoms with Gasteiger partial charge < -0.3 is 24.4 Å². The van der Waals surface area contributed by atoms with Crippen molar-refractivity contribution in [1.29, 1.82) is 0 Å². The second kappa shape index (κ2) is 11.0. The van der Waals surface area contributed by atoms with E-state index in [1.807, 2.05) is 36.6 Å².